The molecule has 0 unspecified atom stereocenters. The molecule has 0 aromatic rings. The lowest BCUT2D eigenvalue weighted by atomic mass is 9.80. The van der Waals surface area contributed by atoms with Crippen LogP contribution in [0.1, 0.15) is 40.0 Å². The number of amides is 1. The summed E-state index contributed by atoms with van der Waals surface area (Å²) in [6.45, 7) is 5.61. The van der Waals surface area contributed by atoms with Crippen LogP contribution in [0.4, 0.5) is 0 Å². The summed E-state index contributed by atoms with van der Waals surface area (Å²) in [6.07, 6.45) is 0.970. The Bertz CT molecular complexity index is 364. The molecular weight excluding hydrogens is 222 g/mol. The van der Waals surface area contributed by atoms with E-state index in [0.29, 0.717) is 13.0 Å². The zero-order valence-corrected chi connectivity index (χ0v) is 10.5. The molecule has 5 nitrogen and oxygen atoms in total. The van der Waals surface area contributed by atoms with E-state index in [-0.39, 0.29) is 18.4 Å². The van der Waals surface area contributed by atoms with Crippen molar-refractivity contribution in [3.05, 3.63) is 0 Å². The molecule has 0 spiro atoms. The van der Waals surface area contributed by atoms with Crippen molar-refractivity contribution in [1.29, 1.82) is 0 Å². The Morgan fingerprint density at radius 2 is 2.18 bits per heavy atom. The molecule has 2 fully saturated rings. The Morgan fingerprint density at radius 1 is 1.53 bits per heavy atom. The fourth-order valence-corrected chi connectivity index (χ4v) is 3.00. The third-order valence-electron chi connectivity index (χ3n) is 3.75. The van der Waals surface area contributed by atoms with Crippen LogP contribution in [0.2, 0.25) is 0 Å². The number of rotatable bonds is 2. The van der Waals surface area contributed by atoms with E-state index in [1.807, 2.05) is 0 Å². The average molecular weight is 241 g/mol. The topological polar surface area (TPSA) is 66.8 Å². The molecule has 17 heavy (non-hydrogen) atoms. The van der Waals surface area contributed by atoms with Gasteiger partial charge in [-0.05, 0) is 33.6 Å². The van der Waals surface area contributed by atoms with E-state index in [4.69, 9.17) is 4.74 Å². The van der Waals surface area contributed by atoms with Gasteiger partial charge in [0.05, 0.1) is 12.5 Å². The molecule has 0 aromatic carbocycles. The SMILES string of the molecule is CC(C)OC(=O)[C@]12CCCN1C(=O)C[C@@]2(C)O. The van der Waals surface area contributed by atoms with Crippen molar-refractivity contribution in [1.82, 2.24) is 4.90 Å². The summed E-state index contributed by atoms with van der Waals surface area (Å²) in [7, 11) is 0. The van der Waals surface area contributed by atoms with Crippen LogP contribution in [-0.2, 0) is 14.3 Å². The van der Waals surface area contributed by atoms with E-state index in [1.165, 1.54) is 4.90 Å². The zero-order chi connectivity index (χ0) is 12.8. The molecule has 1 amide bonds. The zero-order valence-electron chi connectivity index (χ0n) is 10.5. The van der Waals surface area contributed by atoms with E-state index < -0.39 is 17.1 Å². The number of aliphatic hydroxyl groups is 1. The summed E-state index contributed by atoms with van der Waals surface area (Å²) in [5.74, 6) is -0.631. The van der Waals surface area contributed by atoms with Gasteiger partial charge in [0.15, 0.2) is 5.54 Å². The Kier molecular flexibility index (Phi) is 2.69. The van der Waals surface area contributed by atoms with Crippen molar-refractivity contribution < 1.29 is 19.4 Å². The molecule has 0 aliphatic carbocycles. The monoisotopic (exact) mass is 241 g/mol. The largest absolute Gasteiger partial charge is 0.461 e. The maximum atomic E-state index is 12.2. The predicted molar refractivity (Wildman–Crippen MR) is 60.1 cm³/mol. The normalized spacial score (nSPS) is 36.5. The molecule has 0 aromatic heterocycles. The average Bonchev–Trinajstić information content (AvgIpc) is 2.66. The van der Waals surface area contributed by atoms with Crippen molar-refractivity contribution in [2.45, 2.75) is 57.3 Å². The van der Waals surface area contributed by atoms with Crippen LogP contribution >= 0.6 is 0 Å². The first-order valence-electron chi connectivity index (χ1n) is 6.05. The number of carbonyl (C=O) groups excluding carboxylic acids is 2. The van der Waals surface area contributed by atoms with Crippen LogP contribution in [0.5, 0.6) is 0 Å². The molecule has 0 radical (unpaired) electrons. The van der Waals surface area contributed by atoms with Gasteiger partial charge in [-0.3, -0.25) is 4.79 Å². The highest BCUT2D eigenvalue weighted by molar-refractivity contribution is 5.95. The third-order valence-corrected chi connectivity index (χ3v) is 3.75. The Morgan fingerprint density at radius 3 is 2.76 bits per heavy atom. The first-order chi connectivity index (χ1) is 7.81. The number of hydrogen-bond donors (Lipinski definition) is 1. The molecule has 2 heterocycles. The number of hydrogen-bond acceptors (Lipinski definition) is 4. The van der Waals surface area contributed by atoms with Crippen LogP contribution < -0.4 is 0 Å². The van der Waals surface area contributed by atoms with Gasteiger partial charge in [-0.1, -0.05) is 0 Å². The van der Waals surface area contributed by atoms with Gasteiger partial charge in [0, 0.05) is 6.54 Å². The van der Waals surface area contributed by atoms with Crippen LogP contribution in [0, 0.1) is 0 Å². The summed E-state index contributed by atoms with van der Waals surface area (Å²) in [6, 6.07) is 0. The van der Waals surface area contributed by atoms with Crippen molar-refractivity contribution in [2.24, 2.45) is 0 Å². The maximum Gasteiger partial charge on any atom is 0.335 e. The lowest BCUT2D eigenvalue weighted by molar-refractivity contribution is -0.171. The highest BCUT2D eigenvalue weighted by Gasteiger charge is 2.67. The molecule has 1 N–H and O–H groups in total. The highest BCUT2D eigenvalue weighted by atomic mass is 16.5. The van der Waals surface area contributed by atoms with Crippen LogP contribution in [0.25, 0.3) is 0 Å². The van der Waals surface area contributed by atoms with E-state index in [9.17, 15) is 14.7 Å². The number of nitrogens with zero attached hydrogens (tertiary/aromatic N) is 1. The van der Waals surface area contributed by atoms with Gasteiger partial charge in [0.2, 0.25) is 5.91 Å². The van der Waals surface area contributed by atoms with Gasteiger partial charge in [0.25, 0.3) is 0 Å². The van der Waals surface area contributed by atoms with Gasteiger partial charge < -0.3 is 14.7 Å². The molecule has 0 bridgehead atoms. The van der Waals surface area contributed by atoms with E-state index >= 15 is 0 Å². The fourth-order valence-electron chi connectivity index (χ4n) is 3.00. The van der Waals surface area contributed by atoms with E-state index in [0.717, 1.165) is 6.42 Å². The number of ether oxygens (including phenoxy) is 1. The molecule has 96 valence electrons. The molecule has 2 aliphatic rings. The minimum atomic E-state index is -1.33. The second kappa shape index (κ2) is 3.70. The predicted octanol–water partition coefficient (Wildman–Crippen LogP) is 0.454. The Balaban J connectivity index is 2.37. The molecule has 5 heteroatoms. The van der Waals surface area contributed by atoms with Crippen molar-refractivity contribution >= 4 is 11.9 Å². The Hall–Kier alpha value is -1.10. The standard InChI is InChI=1S/C12H19NO4/c1-8(2)17-10(15)12-5-4-6-13(12)9(14)7-11(12,3)16/h8,16H,4-7H2,1-3H3/t11-,12+/m1/s1. The van der Waals surface area contributed by atoms with Gasteiger partial charge >= 0.3 is 5.97 Å². The molecule has 2 saturated heterocycles. The number of carbonyl (C=O) groups is 2. The lowest BCUT2D eigenvalue weighted by Gasteiger charge is -2.38. The van der Waals surface area contributed by atoms with Crippen molar-refractivity contribution in [3.8, 4) is 0 Å². The van der Waals surface area contributed by atoms with Gasteiger partial charge in [-0.25, -0.2) is 4.79 Å². The maximum absolute atomic E-state index is 12.2. The van der Waals surface area contributed by atoms with Gasteiger partial charge in [0.1, 0.15) is 5.60 Å². The first-order valence-corrected chi connectivity index (χ1v) is 6.05. The first kappa shape index (κ1) is 12.4. The molecule has 2 rings (SSSR count). The van der Waals surface area contributed by atoms with E-state index in [2.05, 4.69) is 0 Å². The number of fused-ring (bicyclic) bond motifs is 1. The van der Waals surface area contributed by atoms with Crippen LogP contribution in [0.3, 0.4) is 0 Å². The second-order valence-electron chi connectivity index (χ2n) is 5.41. The van der Waals surface area contributed by atoms with Gasteiger partial charge in [-0.15, -0.1) is 0 Å². The van der Waals surface area contributed by atoms with Crippen molar-refractivity contribution in [3.63, 3.8) is 0 Å². The van der Waals surface area contributed by atoms with E-state index in [1.54, 1.807) is 20.8 Å². The third kappa shape index (κ3) is 1.56. The fraction of sp³-hybridized carbons (Fsp3) is 0.833. The summed E-state index contributed by atoms with van der Waals surface area (Å²) in [5.41, 5.74) is -2.49. The quantitative estimate of drug-likeness (QED) is 0.713. The summed E-state index contributed by atoms with van der Waals surface area (Å²) >= 11 is 0. The summed E-state index contributed by atoms with van der Waals surface area (Å²) in [4.78, 5) is 25.6. The van der Waals surface area contributed by atoms with Gasteiger partial charge in [-0.2, -0.15) is 0 Å². The highest BCUT2D eigenvalue weighted by Crippen LogP contribution is 2.47. The second-order valence-corrected chi connectivity index (χ2v) is 5.41. The molecule has 2 aliphatic heterocycles. The minimum Gasteiger partial charge on any atom is -0.461 e. The molecule has 0 saturated carbocycles. The Labute approximate surface area is 101 Å². The lowest BCUT2D eigenvalue weighted by Crippen LogP contribution is -2.60. The van der Waals surface area contributed by atoms with Crippen LogP contribution in [0.15, 0.2) is 0 Å². The smallest absolute Gasteiger partial charge is 0.335 e. The summed E-state index contributed by atoms with van der Waals surface area (Å²) in [5, 5.41) is 10.4. The minimum absolute atomic E-state index is 0.000194. The van der Waals surface area contributed by atoms with Crippen molar-refractivity contribution in [2.75, 3.05) is 6.54 Å². The summed E-state index contributed by atoms with van der Waals surface area (Å²) < 4.78 is 5.23. The molecular formula is C12H19NO4. The van der Waals surface area contributed by atoms with Crippen LogP contribution in [-0.4, -0.2) is 45.7 Å². The number of esters is 1. The molecule has 2 atom stereocenters.